The second-order valence-electron chi connectivity index (χ2n) is 6.46. The fraction of sp³-hybridized carbons (Fsp3) is 0.350. The lowest BCUT2D eigenvalue weighted by Crippen LogP contribution is -2.49. The van der Waals surface area contributed by atoms with Crippen LogP contribution in [0.15, 0.2) is 54.6 Å². The Morgan fingerprint density at radius 3 is 2.11 bits per heavy atom. The van der Waals surface area contributed by atoms with Gasteiger partial charge < -0.3 is 10.1 Å². The molecule has 27 heavy (non-hydrogen) atoms. The third-order valence-electron chi connectivity index (χ3n) is 4.16. The summed E-state index contributed by atoms with van der Waals surface area (Å²) < 4.78 is 31.5. The van der Waals surface area contributed by atoms with Gasteiger partial charge in [0.1, 0.15) is 17.5 Å². The van der Waals surface area contributed by atoms with Crippen LogP contribution in [0.3, 0.4) is 0 Å². The normalized spacial score (nSPS) is 13.5. The van der Waals surface area contributed by atoms with E-state index in [1.807, 2.05) is 44.2 Å². The molecule has 0 bridgehead atoms. The molecule has 2 atom stereocenters. The number of benzene rings is 2. The summed E-state index contributed by atoms with van der Waals surface area (Å²) in [6.45, 7) is 5.41. The third kappa shape index (κ3) is 5.72. The summed E-state index contributed by atoms with van der Waals surface area (Å²) in [5.74, 6) is 0.931. The molecule has 0 saturated heterocycles. The number of carbonyl (C=O) groups is 1. The molecule has 0 aliphatic rings. The van der Waals surface area contributed by atoms with Crippen LogP contribution in [0.5, 0.6) is 11.5 Å². The van der Waals surface area contributed by atoms with Crippen molar-refractivity contribution in [1.29, 1.82) is 0 Å². The number of para-hydroxylation sites is 1. The fourth-order valence-corrected chi connectivity index (χ4v) is 3.73. The van der Waals surface area contributed by atoms with Crippen LogP contribution in [0.4, 0.5) is 5.69 Å². The summed E-state index contributed by atoms with van der Waals surface area (Å²) in [7, 11) is -3.64. The Morgan fingerprint density at radius 2 is 1.59 bits per heavy atom. The Balaban J connectivity index is 2.23. The average molecular weight is 391 g/mol. The number of ether oxygens (including phenoxy) is 1. The van der Waals surface area contributed by atoms with E-state index in [1.54, 1.807) is 31.2 Å². The minimum absolute atomic E-state index is 0.0250. The number of hydrogen-bond acceptors (Lipinski definition) is 4. The molecule has 0 aliphatic carbocycles. The maximum atomic E-state index is 12.4. The predicted molar refractivity (Wildman–Crippen MR) is 108 cm³/mol. The summed E-state index contributed by atoms with van der Waals surface area (Å²) in [4.78, 5) is 12.4. The Bertz CT molecular complexity index is 851. The number of amides is 1. The van der Waals surface area contributed by atoms with Crippen molar-refractivity contribution in [2.24, 2.45) is 0 Å². The molecule has 0 radical (unpaired) electrons. The van der Waals surface area contributed by atoms with E-state index in [-0.39, 0.29) is 11.9 Å². The second-order valence-corrected chi connectivity index (χ2v) is 8.32. The molecule has 0 spiro atoms. The maximum absolute atomic E-state index is 12.4. The zero-order valence-corrected chi connectivity index (χ0v) is 16.9. The first-order chi connectivity index (χ1) is 12.7. The molecule has 0 fully saturated rings. The van der Waals surface area contributed by atoms with Crippen LogP contribution in [-0.4, -0.2) is 32.7 Å². The molecule has 0 saturated carbocycles. The van der Waals surface area contributed by atoms with Crippen molar-refractivity contribution in [3.63, 3.8) is 0 Å². The molecule has 7 heteroatoms. The lowest BCUT2D eigenvalue weighted by Gasteiger charge is -2.29. The molecule has 146 valence electrons. The van der Waals surface area contributed by atoms with Crippen LogP contribution in [-0.2, 0) is 14.8 Å². The monoisotopic (exact) mass is 390 g/mol. The van der Waals surface area contributed by atoms with Gasteiger partial charge in [-0.3, -0.25) is 9.10 Å². The SMILES string of the molecule is CCC(C)NC(=O)C(C)N(c1ccc(Oc2ccccc2)cc1)S(C)(=O)=O. The van der Waals surface area contributed by atoms with E-state index >= 15 is 0 Å². The largest absolute Gasteiger partial charge is 0.457 e. The highest BCUT2D eigenvalue weighted by molar-refractivity contribution is 7.92. The minimum atomic E-state index is -3.64. The highest BCUT2D eigenvalue weighted by Crippen LogP contribution is 2.26. The Morgan fingerprint density at radius 1 is 1.04 bits per heavy atom. The summed E-state index contributed by atoms with van der Waals surface area (Å²) in [5.41, 5.74) is 0.407. The third-order valence-corrected chi connectivity index (χ3v) is 5.40. The van der Waals surface area contributed by atoms with Crippen LogP contribution in [0.1, 0.15) is 27.2 Å². The van der Waals surface area contributed by atoms with Crippen LogP contribution in [0, 0.1) is 0 Å². The van der Waals surface area contributed by atoms with E-state index in [4.69, 9.17) is 4.74 Å². The molecule has 0 aromatic heterocycles. The van der Waals surface area contributed by atoms with Gasteiger partial charge in [0.05, 0.1) is 11.9 Å². The molecule has 2 unspecified atom stereocenters. The maximum Gasteiger partial charge on any atom is 0.243 e. The van der Waals surface area contributed by atoms with Gasteiger partial charge >= 0.3 is 0 Å². The van der Waals surface area contributed by atoms with Crippen LogP contribution in [0.25, 0.3) is 0 Å². The van der Waals surface area contributed by atoms with Gasteiger partial charge in [-0.05, 0) is 56.7 Å². The highest BCUT2D eigenvalue weighted by atomic mass is 32.2. The number of nitrogens with one attached hydrogen (secondary N) is 1. The van der Waals surface area contributed by atoms with Gasteiger partial charge in [0.15, 0.2) is 0 Å². The van der Waals surface area contributed by atoms with Gasteiger partial charge in [-0.25, -0.2) is 8.42 Å². The van der Waals surface area contributed by atoms with Crippen molar-refractivity contribution in [2.45, 2.75) is 39.3 Å². The van der Waals surface area contributed by atoms with Crippen molar-refractivity contribution in [1.82, 2.24) is 5.32 Å². The molecule has 0 heterocycles. The van der Waals surface area contributed by atoms with Gasteiger partial charge in [-0.2, -0.15) is 0 Å². The van der Waals surface area contributed by atoms with Gasteiger partial charge in [0.25, 0.3) is 0 Å². The lowest BCUT2D eigenvalue weighted by molar-refractivity contribution is -0.122. The van der Waals surface area contributed by atoms with Crippen molar-refractivity contribution >= 4 is 21.6 Å². The summed E-state index contributed by atoms with van der Waals surface area (Å²) in [5, 5.41) is 2.83. The molecule has 6 nitrogen and oxygen atoms in total. The minimum Gasteiger partial charge on any atom is -0.457 e. The fourth-order valence-electron chi connectivity index (χ4n) is 2.56. The molecular formula is C20H26N2O4S. The van der Waals surface area contributed by atoms with E-state index < -0.39 is 16.1 Å². The average Bonchev–Trinajstić information content (AvgIpc) is 2.62. The van der Waals surface area contributed by atoms with Gasteiger partial charge in [0, 0.05) is 6.04 Å². The smallest absolute Gasteiger partial charge is 0.243 e. The molecular weight excluding hydrogens is 364 g/mol. The van der Waals surface area contributed by atoms with Crippen LogP contribution >= 0.6 is 0 Å². The summed E-state index contributed by atoms with van der Waals surface area (Å²) >= 11 is 0. The van der Waals surface area contributed by atoms with Gasteiger partial charge in [-0.1, -0.05) is 25.1 Å². The summed E-state index contributed by atoms with van der Waals surface area (Å²) in [6, 6.07) is 15.0. The second kappa shape index (κ2) is 8.90. The van der Waals surface area contributed by atoms with Crippen LogP contribution < -0.4 is 14.4 Å². The number of sulfonamides is 1. The molecule has 2 aromatic rings. The highest BCUT2D eigenvalue weighted by Gasteiger charge is 2.29. The zero-order valence-electron chi connectivity index (χ0n) is 16.0. The number of carbonyl (C=O) groups excluding carboxylic acids is 1. The van der Waals surface area contributed by atoms with Gasteiger partial charge in [-0.15, -0.1) is 0 Å². The van der Waals surface area contributed by atoms with E-state index in [0.717, 1.165) is 17.0 Å². The first-order valence-corrected chi connectivity index (χ1v) is 10.7. The molecule has 2 aromatic carbocycles. The first kappa shape index (κ1) is 20.8. The number of rotatable bonds is 8. The van der Waals surface area contributed by atoms with E-state index in [9.17, 15) is 13.2 Å². The number of nitrogens with zero attached hydrogens (tertiary/aromatic N) is 1. The Hall–Kier alpha value is -2.54. The molecule has 1 N–H and O–H groups in total. The predicted octanol–water partition coefficient (Wildman–Crippen LogP) is 3.55. The molecule has 2 rings (SSSR count). The van der Waals surface area contributed by atoms with E-state index in [1.165, 1.54) is 0 Å². The Labute approximate surface area is 161 Å². The zero-order chi connectivity index (χ0) is 20.0. The van der Waals surface area contributed by atoms with E-state index in [0.29, 0.717) is 17.2 Å². The van der Waals surface area contributed by atoms with Crippen LogP contribution in [0.2, 0.25) is 0 Å². The van der Waals surface area contributed by atoms with Crippen molar-refractivity contribution in [3.8, 4) is 11.5 Å². The first-order valence-electron chi connectivity index (χ1n) is 8.85. The quantitative estimate of drug-likeness (QED) is 0.748. The van der Waals surface area contributed by atoms with Crippen molar-refractivity contribution in [3.05, 3.63) is 54.6 Å². The van der Waals surface area contributed by atoms with Gasteiger partial charge in [0.2, 0.25) is 15.9 Å². The molecule has 0 aliphatic heterocycles. The topological polar surface area (TPSA) is 75.7 Å². The summed E-state index contributed by atoms with van der Waals surface area (Å²) in [6.07, 6.45) is 1.86. The number of anilines is 1. The standard InChI is InChI=1S/C20H26N2O4S/c1-5-15(2)21-20(23)16(3)22(27(4,24)25)17-11-13-19(14-12-17)26-18-9-7-6-8-10-18/h6-16H,5H2,1-4H3,(H,21,23). The number of hydrogen-bond donors (Lipinski definition) is 1. The molecule has 1 amide bonds. The van der Waals surface area contributed by atoms with E-state index in [2.05, 4.69) is 5.32 Å². The Kier molecular flexibility index (Phi) is 6.85. The van der Waals surface area contributed by atoms with Crippen molar-refractivity contribution < 1.29 is 17.9 Å². The van der Waals surface area contributed by atoms with Crippen molar-refractivity contribution in [2.75, 3.05) is 10.6 Å². The lowest BCUT2D eigenvalue weighted by atomic mass is 10.2.